The first-order valence-corrected chi connectivity index (χ1v) is 18.1. The number of nitrogens with zero attached hydrogens (tertiary/aromatic N) is 7. The van der Waals surface area contributed by atoms with Gasteiger partial charge < -0.3 is 15.0 Å². The van der Waals surface area contributed by atoms with Gasteiger partial charge in [-0.15, -0.1) is 0 Å². The number of anilines is 2. The zero-order chi connectivity index (χ0) is 37.1. The average molecular weight is 721 g/mol. The number of hydrogen-bond donors (Lipinski definition) is 2. The Morgan fingerprint density at radius 2 is 1.48 bits per heavy atom. The van der Waals surface area contributed by atoms with Crippen LogP contribution in [0, 0.1) is 6.92 Å². The maximum atomic E-state index is 13.6. The summed E-state index contributed by atoms with van der Waals surface area (Å²) in [5.74, 6) is -2.00. The van der Waals surface area contributed by atoms with E-state index < -0.39 is 29.7 Å². The van der Waals surface area contributed by atoms with Crippen LogP contribution in [0.15, 0.2) is 90.5 Å². The lowest BCUT2D eigenvalue weighted by Gasteiger charge is -2.38. The minimum Gasteiger partial charge on any atom is -0.411 e. The van der Waals surface area contributed by atoms with E-state index in [0.717, 1.165) is 87.1 Å². The summed E-state index contributed by atoms with van der Waals surface area (Å²) in [6.45, 7) is 4.79. The van der Waals surface area contributed by atoms with Crippen LogP contribution in [-0.4, -0.2) is 86.4 Å². The predicted molar refractivity (Wildman–Crippen MR) is 201 cm³/mol. The second-order valence-electron chi connectivity index (χ2n) is 14.1. The fraction of sp³-hybridized carbons (Fsp3) is 0.244. The summed E-state index contributed by atoms with van der Waals surface area (Å²) in [5.41, 5.74) is 11.0. The summed E-state index contributed by atoms with van der Waals surface area (Å²) in [6, 6.07) is 21.1. The highest BCUT2D eigenvalue weighted by Crippen LogP contribution is 2.37. The average Bonchev–Trinajstić information content (AvgIpc) is 3.90. The summed E-state index contributed by atoms with van der Waals surface area (Å²) >= 11 is 0. The number of fused-ring (bicyclic) bond motifs is 2. The standard InChI is InChI=1S/C41H36N8O5/c1-24-34(11-9-31-37(24)41(53)49(40(31)52)35-12-13-36(50)43-39(35)51)47-20-18-46(19-21-47)28-4-6-29(7-5-28)48-23-32(38(44-48)25-14-16-42-17-15-25)27-2-8-30-26(22-27)3-10-33(30)45-54/h2,4-9,11,14-17,22-23,35,54H,3,10,12-13,18-21H2,1H3,(H,43,50,51)/b45-33+. The number of rotatable bonds is 6. The Hall–Kier alpha value is -6.63. The Balaban J connectivity index is 0.918. The second-order valence-corrected chi connectivity index (χ2v) is 14.1. The van der Waals surface area contributed by atoms with E-state index in [1.165, 1.54) is 0 Å². The number of pyridine rings is 1. The quantitative estimate of drug-likeness (QED) is 0.144. The molecular weight excluding hydrogens is 685 g/mol. The number of aryl methyl sites for hydroxylation is 1. The van der Waals surface area contributed by atoms with Gasteiger partial charge in [0, 0.05) is 79.3 Å². The lowest BCUT2D eigenvalue weighted by atomic mass is 9.98. The van der Waals surface area contributed by atoms with Gasteiger partial charge in [-0.1, -0.05) is 23.4 Å². The molecule has 0 saturated carbocycles. The molecule has 1 unspecified atom stereocenters. The van der Waals surface area contributed by atoms with E-state index in [-0.39, 0.29) is 12.8 Å². The van der Waals surface area contributed by atoms with Gasteiger partial charge in [0.2, 0.25) is 11.8 Å². The zero-order valence-corrected chi connectivity index (χ0v) is 29.5. The third-order valence-corrected chi connectivity index (χ3v) is 11.1. The molecule has 1 atom stereocenters. The van der Waals surface area contributed by atoms with Gasteiger partial charge in [0.15, 0.2) is 0 Å². The molecule has 5 aromatic rings. The molecule has 270 valence electrons. The number of aromatic nitrogens is 3. The molecule has 2 fully saturated rings. The van der Waals surface area contributed by atoms with E-state index in [9.17, 15) is 24.4 Å². The summed E-state index contributed by atoms with van der Waals surface area (Å²) in [5, 5.41) is 20.2. The van der Waals surface area contributed by atoms with Gasteiger partial charge in [-0.25, -0.2) is 4.68 Å². The van der Waals surface area contributed by atoms with Gasteiger partial charge in [-0.2, -0.15) is 5.10 Å². The Kier molecular flexibility index (Phi) is 8.06. The molecule has 4 aliphatic rings. The number of carbonyl (C=O) groups excluding carboxylic acids is 4. The van der Waals surface area contributed by atoms with Crippen molar-refractivity contribution in [2.24, 2.45) is 5.16 Å². The molecule has 0 spiro atoms. The highest BCUT2D eigenvalue weighted by molar-refractivity contribution is 6.24. The van der Waals surface area contributed by atoms with Gasteiger partial charge in [-0.3, -0.25) is 34.4 Å². The van der Waals surface area contributed by atoms with E-state index in [1.54, 1.807) is 18.5 Å². The Labute approximate surface area is 310 Å². The van der Waals surface area contributed by atoms with E-state index in [4.69, 9.17) is 5.10 Å². The van der Waals surface area contributed by atoms with Gasteiger partial charge in [0.05, 0.1) is 22.5 Å². The number of benzene rings is 3. The molecule has 4 amide bonds. The molecule has 13 nitrogen and oxygen atoms in total. The predicted octanol–water partition coefficient (Wildman–Crippen LogP) is 4.76. The van der Waals surface area contributed by atoms with E-state index in [0.29, 0.717) is 29.8 Å². The number of imide groups is 2. The molecule has 1 aliphatic carbocycles. The van der Waals surface area contributed by atoms with Crippen molar-refractivity contribution < 1.29 is 24.4 Å². The minimum absolute atomic E-state index is 0.0820. The number of piperidine rings is 1. The largest absolute Gasteiger partial charge is 0.411 e. The van der Waals surface area contributed by atoms with Crippen molar-refractivity contribution in [1.82, 2.24) is 25.0 Å². The number of carbonyl (C=O) groups is 4. The Morgan fingerprint density at radius 3 is 2.22 bits per heavy atom. The van der Waals surface area contributed by atoms with Crippen molar-refractivity contribution in [3.8, 4) is 28.1 Å². The van der Waals surface area contributed by atoms with Gasteiger partial charge in [-0.05, 0) is 91.4 Å². The van der Waals surface area contributed by atoms with Crippen molar-refractivity contribution in [3.05, 3.63) is 113 Å². The van der Waals surface area contributed by atoms with Gasteiger partial charge in [0.25, 0.3) is 11.8 Å². The molecular formula is C41H36N8O5. The molecule has 0 radical (unpaired) electrons. The van der Waals surface area contributed by atoms with Crippen LogP contribution in [0.2, 0.25) is 0 Å². The second kappa shape index (κ2) is 13.1. The summed E-state index contributed by atoms with van der Waals surface area (Å²) in [7, 11) is 0. The summed E-state index contributed by atoms with van der Waals surface area (Å²) < 4.78 is 1.91. The van der Waals surface area contributed by atoms with Crippen molar-refractivity contribution in [2.45, 2.75) is 38.6 Å². The number of amides is 4. The molecule has 3 aliphatic heterocycles. The Bertz CT molecular complexity index is 2400. The number of nitrogens with one attached hydrogen (secondary N) is 1. The van der Waals surface area contributed by atoms with Crippen LogP contribution < -0.4 is 15.1 Å². The smallest absolute Gasteiger partial charge is 0.262 e. The monoisotopic (exact) mass is 720 g/mol. The van der Waals surface area contributed by atoms with E-state index in [2.05, 4.69) is 67.9 Å². The highest BCUT2D eigenvalue weighted by atomic mass is 16.4. The molecule has 2 saturated heterocycles. The summed E-state index contributed by atoms with van der Waals surface area (Å²) in [6.07, 6.45) is 7.35. The van der Waals surface area contributed by atoms with Crippen LogP contribution in [-0.2, 0) is 16.0 Å². The van der Waals surface area contributed by atoms with E-state index in [1.807, 2.05) is 35.9 Å². The molecule has 54 heavy (non-hydrogen) atoms. The van der Waals surface area contributed by atoms with Crippen LogP contribution in [0.1, 0.15) is 56.7 Å². The zero-order valence-electron chi connectivity index (χ0n) is 29.5. The van der Waals surface area contributed by atoms with Gasteiger partial charge >= 0.3 is 0 Å². The fourth-order valence-electron chi connectivity index (χ4n) is 8.25. The van der Waals surface area contributed by atoms with Crippen LogP contribution in [0.3, 0.4) is 0 Å². The van der Waals surface area contributed by atoms with E-state index >= 15 is 0 Å². The first kappa shape index (κ1) is 33.2. The molecule has 5 heterocycles. The topological polar surface area (TPSA) is 153 Å². The minimum atomic E-state index is -0.992. The fourth-order valence-corrected chi connectivity index (χ4v) is 8.25. The third-order valence-electron chi connectivity index (χ3n) is 11.1. The molecule has 13 heteroatoms. The lowest BCUT2D eigenvalue weighted by molar-refractivity contribution is -0.136. The van der Waals surface area contributed by atoms with Crippen LogP contribution in [0.4, 0.5) is 11.4 Å². The molecule has 3 aromatic carbocycles. The maximum absolute atomic E-state index is 13.6. The van der Waals surface area contributed by atoms with Crippen molar-refractivity contribution in [1.29, 1.82) is 0 Å². The van der Waals surface area contributed by atoms with Crippen molar-refractivity contribution >= 4 is 40.7 Å². The highest BCUT2D eigenvalue weighted by Gasteiger charge is 2.45. The lowest BCUT2D eigenvalue weighted by Crippen LogP contribution is -2.54. The van der Waals surface area contributed by atoms with Crippen LogP contribution in [0.25, 0.3) is 28.1 Å². The van der Waals surface area contributed by atoms with Gasteiger partial charge in [0.1, 0.15) is 11.7 Å². The van der Waals surface area contributed by atoms with Crippen LogP contribution in [0.5, 0.6) is 0 Å². The van der Waals surface area contributed by atoms with Crippen molar-refractivity contribution in [2.75, 3.05) is 36.0 Å². The Morgan fingerprint density at radius 1 is 0.759 bits per heavy atom. The first-order valence-electron chi connectivity index (χ1n) is 18.1. The maximum Gasteiger partial charge on any atom is 0.262 e. The normalized spacial score (nSPS) is 19.1. The van der Waals surface area contributed by atoms with Crippen LogP contribution >= 0.6 is 0 Å². The first-order chi connectivity index (χ1) is 26.3. The molecule has 2 aromatic heterocycles. The number of hydrogen-bond acceptors (Lipinski definition) is 10. The molecule has 0 bridgehead atoms. The third kappa shape index (κ3) is 5.51. The molecule has 2 N–H and O–H groups in total. The summed E-state index contributed by atoms with van der Waals surface area (Å²) in [4.78, 5) is 60.9. The number of oxime groups is 1. The molecule has 9 rings (SSSR count). The SMILES string of the molecule is Cc1c(N2CCN(c3ccc(-n4cc(-c5ccc6c(c5)CC/C6=N\O)c(-c5ccncc5)n4)cc3)CC2)ccc2c1C(=O)N(C1CCC(=O)NC1=O)C2=O. The number of piperazine rings is 1. The van der Waals surface area contributed by atoms with Crippen molar-refractivity contribution in [3.63, 3.8) is 0 Å².